The van der Waals surface area contributed by atoms with Crippen LogP contribution in [0, 0.1) is 11.6 Å². The molecule has 0 saturated carbocycles. The first kappa shape index (κ1) is 10.8. The Morgan fingerprint density at radius 1 is 0.938 bits per heavy atom. The van der Waals surface area contributed by atoms with E-state index in [1.165, 1.54) is 12.1 Å². The molecule has 0 atom stereocenters. The Balaban J connectivity index is 2.46. The van der Waals surface area contributed by atoms with E-state index in [0.29, 0.717) is 5.56 Å². The van der Waals surface area contributed by atoms with Crippen molar-refractivity contribution in [3.63, 3.8) is 0 Å². The van der Waals surface area contributed by atoms with Gasteiger partial charge in [0.15, 0.2) is 11.6 Å². The van der Waals surface area contributed by atoms with Gasteiger partial charge < -0.3 is 5.11 Å². The van der Waals surface area contributed by atoms with Gasteiger partial charge >= 0.3 is 0 Å². The summed E-state index contributed by atoms with van der Waals surface area (Å²) in [6, 6.07) is 10.7. The van der Waals surface area contributed by atoms with E-state index in [-0.39, 0.29) is 12.2 Å². The second-order valence-corrected chi connectivity index (χ2v) is 3.46. The standard InChI is InChI=1S/C13H10F2O/c14-12-3-1-2-11(13(12)15)10-6-4-9(8-16)5-7-10/h1-7,16H,8H2. The minimum absolute atomic E-state index is 0.0636. The summed E-state index contributed by atoms with van der Waals surface area (Å²) in [6.07, 6.45) is 0. The lowest BCUT2D eigenvalue weighted by Crippen LogP contribution is -1.89. The number of hydrogen-bond donors (Lipinski definition) is 1. The molecule has 0 aliphatic carbocycles. The largest absolute Gasteiger partial charge is 0.392 e. The molecule has 0 radical (unpaired) electrons. The molecule has 0 bridgehead atoms. The molecule has 1 N–H and O–H groups in total. The highest BCUT2D eigenvalue weighted by Gasteiger charge is 2.08. The van der Waals surface area contributed by atoms with E-state index in [9.17, 15) is 8.78 Å². The highest BCUT2D eigenvalue weighted by Crippen LogP contribution is 2.24. The summed E-state index contributed by atoms with van der Waals surface area (Å²) in [5, 5.41) is 8.86. The van der Waals surface area contributed by atoms with Gasteiger partial charge in [0.25, 0.3) is 0 Å². The molecule has 0 aliphatic rings. The SMILES string of the molecule is OCc1ccc(-c2cccc(F)c2F)cc1. The van der Waals surface area contributed by atoms with Gasteiger partial charge in [0.2, 0.25) is 0 Å². The van der Waals surface area contributed by atoms with Crippen molar-refractivity contribution in [2.24, 2.45) is 0 Å². The molecule has 0 spiro atoms. The number of aliphatic hydroxyl groups excluding tert-OH is 1. The average molecular weight is 220 g/mol. The molecule has 0 amide bonds. The maximum Gasteiger partial charge on any atom is 0.166 e. The predicted octanol–water partition coefficient (Wildman–Crippen LogP) is 3.12. The van der Waals surface area contributed by atoms with Gasteiger partial charge in [-0.2, -0.15) is 0 Å². The van der Waals surface area contributed by atoms with Gasteiger partial charge in [0, 0.05) is 5.56 Å². The third kappa shape index (κ3) is 1.95. The smallest absolute Gasteiger partial charge is 0.166 e. The van der Waals surface area contributed by atoms with Crippen LogP contribution in [0.5, 0.6) is 0 Å². The minimum Gasteiger partial charge on any atom is -0.392 e. The molecule has 0 fully saturated rings. The van der Waals surface area contributed by atoms with Crippen molar-refractivity contribution >= 4 is 0 Å². The summed E-state index contributed by atoms with van der Waals surface area (Å²) in [4.78, 5) is 0. The van der Waals surface area contributed by atoms with E-state index in [1.807, 2.05) is 0 Å². The van der Waals surface area contributed by atoms with Crippen LogP contribution in [-0.2, 0) is 6.61 Å². The Morgan fingerprint density at radius 3 is 2.25 bits per heavy atom. The van der Waals surface area contributed by atoms with Gasteiger partial charge in [-0.25, -0.2) is 8.78 Å². The quantitative estimate of drug-likeness (QED) is 0.824. The molecule has 2 aromatic carbocycles. The van der Waals surface area contributed by atoms with Gasteiger partial charge in [-0.15, -0.1) is 0 Å². The highest BCUT2D eigenvalue weighted by atomic mass is 19.2. The zero-order valence-electron chi connectivity index (χ0n) is 8.45. The van der Waals surface area contributed by atoms with Crippen LogP contribution in [0.3, 0.4) is 0 Å². The van der Waals surface area contributed by atoms with Crippen LogP contribution in [0.15, 0.2) is 42.5 Å². The topological polar surface area (TPSA) is 20.2 Å². The van der Waals surface area contributed by atoms with E-state index >= 15 is 0 Å². The first-order chi connectivity index (χ1) is 7.72. The molecule has 1 nitrogen and oxygen atoms in total. The fraction of sp³-hybridized carbons (Fsp3) is 0.0769. The van der Waals surface area contributed by atoms with Gasteiger partial charge in [-0.1, -0.05) is 36.4 Å². The van der Waals surface area contributed by atoms with Crippen LogP contribution in [0.4, 0.5) is 8.78 Å². The number of rotatable bonds is 2. The predicted molar refractivity (Wildman–Crippen MR) is 57.7 cm³/mol. The summed E-state index contributed by atoms with van der Waals surface area (Å²) in [7, 11) is 0. The van der Waals surface area contributed by atoms with Gasteiger partial charge in [0.05, 0.1) is 6.61 Å². The lowest BCUT2D eigenvalue weighted by Gasteiger charge is -2.04. The van der Waals surface area contributed by atoms with Crippen LogP contribution >= 0.6 is 0 Å². The zero-order chi connectivity index (χ0) is 11.5. The van der Waals surface area contributed by atoms with Gasteiger partial charge in [-0.3, -0.25) is 0 Å². The summed E-state index contributed by atoms with van der Waals surface area (Å²) in [5.41, 5.74) is 1.55. The average Bonchev–Trinajstić information content (AvgIpc) is 2.33. The van der Waals surface area contributed by atoms with E-state index in [4.69, 9.17) is 5.11 Å². The molecule has 16 heavy (non-hydrogen) atoms. The number of hydrogen-bond acceptors (Lipinski definition) is 1. The van der Waals surface area contributed by atoms with Crippen LogP contribution in [0.25, 0.3) is 11.1 Å². The lowest BCUT2D eigenvalue weighted by atomic mass is 10.0. The van der Waals surface area contributed by atoms with Crippen LogP contribution in [0.1, 0.15) is 5.56 Å². The fourth-order valence-corrected chi connectivity index (χ4v) is 1.52. The van der Waals surface area contributed by atoms with Crippen molar-refractivity contribution in [1.29, 1.82) is 0 Å². The fourth-order valence-electron chi connectivity index (χ4n) is 1.52. The summed E-state index contributed by atoms with van der Waals surface area (Å²) in [6.45, 7) is -0.0636. The maximum absolute atomic E-state index is 13.4. The summed E-state index contributed by atoms with van der Waals surface area (Å²) in [5.74, 6) is -1.71. The van der Waals surface area contributed by atoms with E-state index in [1.54, 1.807) is 24.3 Å². The Labute approximate surface area is 92.0 Å². The first-order valence-electron chi connectivity index (χ1n) is 4.86. The normalized spacial score (nSPS) is 10.4. The first-order valence-corrected chi connectivity index (χ1v) is 4.86. The Hall–Kier alpha value is -1.74. The van der Waals surface area contributed by atoms with Crippen molar-refractivity contribution in [2.75, 3.05) is 0 Å². The molecule has 0 aromatic heterocycles. The third-order valence-corrected chi connectivity index (χ3v) is 2.40. The molecule has 2 rings (SSSR count). The molecule has 0 saturated heterocycles. The monoisotopic (exact) mass is 220 g/mol. The van der Waals surface area contributed by atoms with Crippen LogP contribution in [-0.4, -0.2) is 5.11 Å². The second-order valence-electron chi connectivity index (χ2n) is 3.46. The van der Waals surface area contributed by atoms with Gasteiger partial charge in [-0.05, 0) is 17.2 Å². The van der Waals surface area contributed by atoms with Crippen molar-refractivity contribution in [3.05, 3.63) is 59.7 Å². The Kier molecular flexibility index (Phi) is 2.97. The molecular formula is C13H10F2O. The number of halogens is 2. The van der Waals surface area contributed by atoms with E-state index < -0.39 is 11.6 Å². The van der Waals surface area contributed by atoms with Crippen molar-refractivity contribution in [2.45, 2.75) is 6.61 Å². The Bertz CT molecular complexity index is 492. The molecule has 0 unspecified atom stereocenters. The van der Waals surface area contributed by atoms with Crippen LogP contribution < -0.4 is 0 Å². The molecular weight excluding hydrogens is 210 g/mol. The van der Waals surface area contributed by atoms with E-state index in [2.05, 4.69) is 0 Å². The summed E-state index contributed by atoms with van der Waals surface area (Å²) < 4.78 is 26.4. The van der Waals surface area contributed by atoms with Crippen LogP contribution in [0.2, 0.25) is 0 Å². The van der Waals surface area contributed by atoms with Gasteiger partial charge in [0.1, 0.15) is 0 Å². The molecule has 3 heteroatoms. The summed E-state index contributed by atoms with van der Waals surface area (Å²) >= 11 is 0. The molecule has 0 aliphatic heterocycles. The number of benzene rings is 2. The molecule has 2 aromatic rings. The minimum atomic E-state index is -0.858. The van der Waals surface area contributed by atoms with Crippen molar-refractivity contribution in [3.8, 4) is 11.1 Å². The maximum atomic E-state index is 13.4. The third-order valence-electron chi connectivity index (χ3n) is 2.40. The zero-order valence-corrected chi connectivity index (χ0v) is 8.45. The highest BCUT2D eigenvalue weighted by molar-refractivity contribution is 5.64. The lowest BCUT2D eigenvalue weighted by molar-refractivity contribution is 0.282. The number of aliphatic hydroxyl groups is 1. The van der Waals surface area contributed by atoms with E-state index in [0.717, 1.165) is 11.6 Å². The van der Waals surface area contributed by atoms with Crippen molar-refractivity contribution < 1.29 is 13.9 Å². The Morgan fingerprint density at radius 2 is 1.62 bits per heavy atom. The molecule has 82 valence electrons. The second kappa shape index (κ2) is 4.41. The molecule has 0 heterocycles. The van der Waals surface area contributed by atoms with Crippen molar-refractivity contribution in [1.82, 2.24) is 0 Å².